The van der Waals surface area contributed by atoms with Gasteiger partial charge in [-0.2, -0.15) is 0 Å². The Kier molecular flexibility index (Phi) is 4.88. The molecule has 0 aliphatic carbocycles. The monoisotopic (exact) mass is 310 g/mol. The predicted octanol–water partition coefficient (Wildman–Crippen LogP) is -4.72. The van der Waals surface area contributed by atoms with Crippen LogP contribution < -0.4 is 40.0 Å². The molecule has 9 heteroatoms. The predicted molar refractivity (Wildman–Crippen MR) is 64.7 cm³/mol. The molecule has 20 heavy (non-hydrogen) atoms. The molecule has 2 aliphatic heterocycles. The first-order valence-corrected chi connectivity index (χ1v) is 6.60. The van der Waals surface area contributed by atoms with Crippen LogP contribution in [0.3, 0.4) is 0 Å². The van der Waals surface area contributed by atoms with Crippen LogP contribution in [0.15, 0.2) is 0 Å². The minimum absolute atomic E-state index is 0. The number of aliphatic carboxylic acids is 1. The standard InChI is InChI=1S/C11H16N2O5S.Na/c1-5(14)12-11(18-4)8(17)13-6(7(15)16)10(2,3)19-9(11)13;/h6,9H,1-4H3,(H,12,14)(H,15,16);/q;+1/p-1/t6-,9+,11-;/m0./s1. The van der Waals surface area contributed by atoms with Crippen LogP contribution in [0.5, 0.6) is 0 Å². The van der Waals surface area contributed by atoms with Crippen LogP contribution in [0.25, 0.3) is 0 Å². The summed E-state index contributed by atoms with van der Waals surface area (Å²) in [7, 11) is 1.31. The molecule has 0 spiro atoms. The molecule has 2 rings (SSSR count). The SMILES string of the molecule is CO[C@@]1(NC(C)=O)C(=O)N2[C@@H](C(=O)[O-])C(C)(C)S[C@@H]21.[Na+]. The van der Waals surface area contributed by atoms with Crippen LogP contribution >= 0.6 is 11.8 Å². The van der Waals surface area contributed by atoms with Gasteiger partial charge in [0.2, 0.25) is 5.91 Å². The summed E-state index contributed by atoms with van der Waals surface area (Å²) < 4.78 is 4.46. The number of ether oxygens (including phenoxy) is 1. The zero-order valence-electron chi connectivity index (χ0n) is 12.1. The number of hydrogen-bond acceptors (Lipinski definition) is 6. The topological polar surface area (TPSA) is 98.8 Å². The number of carbonyl (C=O) groups is 3. The Balaban J connectivity index is 0.00000200. The third-order valence-corrected chi connectivity index (χ3v) is 5.02. The summed E-state index contributed by atoms with van der Waals surface area (Å²) in [5.74, 6) is -2.27. The zero-order valence-corrected chi connectivity index (χ0v) is 14.9. The molecule has 2 fully saturated rings. The van der Waals surface area contributed by atoms with Crippen molar-refractivity contribution in [2.45, 2.75) is 42.7 Å². The average Bonchev–Trinajstić information content (AvgIpc) is 2.55. The molecule has 7 nitrogen and oxygen atoms in total. The molecule has 0 aromatic heterocycles. The Morgan fingerprint density at radius 1 is 1.45 bits per heavy atom. The first-order chi connectivity index (χ1) is 8.67. The number of hydrogen-bond donors (Lipinski definition) is 1. The molecular weight excluding hydrogens is 295 g/mol. The Labute approximate surface area is 143 Å². The Morgan fingerprint density at radius 2 is 2.00 bits per heavy atom. The van der Waals surface area contributed by atoms with Gasteiger partial charge in [-0.1, -0.05) is 0 Å². The maximum atomic E-state index is 12.2. The quantitative estimate of drug-likeness (QED) is 0.319. The van der Waals surface area contributed by atoms with Crippen LogP contribution in [0, 0.1) is 0 Å². The molecule has 0 aromatic carbocycles. The van der Waals surface area contributed by atoms with Gasteiger partial charge in [-0.15, -0.1) is 11.8 Å². The van der Waals surface area contributed by atoms with E-state index in [2.05, 4.69) is 5.32 Å². The molecule has 2 aliphatic rings. The summed E-state index contributed by atoms with van der Waals surface area (Å²) in [5.41, 5.74) is -1.47. The van der Waals surface area contributed by atoms with E-state index < -0.39 is 39.7 Å². The summed E-state index contributed by atoms with van der Waals surface area (Å²) >= 11 is 1.28. The van der Waals surface area contributed by atoms with Crippen molar-refractivity contribution in [2.75, 3.05) is 7.11 Å². The van der Waals surface area contributed by atoms with Gasteiger partial charge in [-0.3, -0.25) is 9.59 Å². The van der Waals surface area contributed by atoms with Crippen LogP contribution in [-0.2, 0) is 19.1 Å². The molecule has 2 amide bonds. The molecule has 0 bridgehead atoms. The third-order valence-electron chi connectivity index (χ3n) is 3.41. The molecule has 106 valence electrons. The van der Waals surface area contributed by atoms with E-state index in [1.54, 1.807) is 13.8 Å². The summed E-state index contributed by atoms with van der Waals surface area (Å²) in [4.78, 5) is 35.9. The maximum Gasteiger partial charge on any atom is 1.00 e. The third kappa shape index (κ3) is 2.27. The fraction of sp³-hybridized carbons (Fsp3) is 0.727. The molecule has 1 N–H and O–H groups in total. The van der Waals surface area contributed by atoms with Gasteiger partial charge >= 0.3 is 29.6 Å². The molecule has 2 heterocycles. The van der Waals surface area contributed by atoms with Crippen molar-refractivity contribution in [1.82, 2.24) is 10.2 Å². The van der Waals surface area contributed by atoms with Crippen molar-refractivity contribution in [3.05, 3.63) is 0 Å². The maximum absolute atomic E-state index is 12.2. The first-order valence-electron chi connectivity index (χ1n) is 5.72. The average molecular weight is 310 g/mol. The number of β-lactam (4-membered cyclic amide) rings is 1. The van der Waals surface area contributed by atoms with Crippen molar-refractivity contribution in [3.63, 3.8) is 0 Å². The number of carboxylic acids is 1. The van der Waals surface area contributed by atoms with Gasteiger partial charge in [-0.25, -0.2) is 0 Å². The van der Waals surface area contributed by atoms with Gasteiger partial charge in [0.25, 0.3) is 11.6 Å². The minimum atomic E-state index is -1.47. The largest absolute Gasteiger partial charge is 1.00 e. The number of methoxy groups -OCH3 is 1. The molecule has 3 atom stereocenters. The van der Waals surface area contributed by atoms with Crippen LogP contribution in [0.1, 0.15) is 20.8 Å². The molecule has 0 unspecified atom stereocenters. The molecule has 0 aromatic rings. The van der Waals surface area contributed by atoms with E-state index >= 15 is 0 Å². The molecular formula is C11H15N2NaO5S. The van der Waals surface area contributed by atoms with Crippen LogP contribution in [-0.4, -0.2) is 51.7 Å². The summed E-state index contributed by atoms with van der Waals surface area (Å²) in [6, 6.07) is -1.04. The van der Waals surface area contributed by atoms with Gasteiger partial charge in [0.15, 0.2) is 0 Å². The van der Waals surface area contributed by atoms with Gasteiger partial charge < -0.3 is 24.9 Å². The van der Waals surface area contributed by atoms with E-state index in [0.29, 0.717) is 0 Å². The fourth-order valence-electron chi connectivity index (χ4n) is 2.63. The van der Waals surface area contributed by atoms with E-state index in [1.807, 2.05) is 0 Å². The van der Waals surface area contributed by atoms with E-state index in [0.717, 1.165) is 0 Å². The normalized spacial score (nSPS) is 33.8. The summed E-state index contributed by atoms with van der Waals surface area (Å²) in [6.07, 6.45) is 0. The second-order valence-corrected chi connectivity index (χ2v) is 6.86. The number of thioether (sulfide) groups is 1. The second-order valence-electron chi connectivity index (χ2n) is 5.13. The molecule has 0 radical (unpaired) electrons. The second kappa shape index (κ2) is 5.49. The van der Waals surface area contributed by atoms with Gasteiger partial charge in [0.1, 0.15) is 5.37 Å². The summed E-state index contributed by atoms with van der Waals surface area (Å²) in [6.45, 7) is 4.72. The first kappa shape index (κ1) is 17.8. The fourth-order valence-corrected chi connectivity index (χ4v) is 4.29. The van der Waals surface area contributed by atoms with Crippen molar-refractivity contribution in [2.24, 2.45) is 0 Å². The van der Waals surface area contributed by atoms with E-state index in [1.165, 1.54) is 30.7 Å². The molecule has 2 saturated heterocycles. The van der Waals surface area contributed by atoms with Crippen molar-refractivity contribution in [1.29, 1.82) is 0 Å². The van der Waals surface area contributed by atoms with Crippen molar-refractivity contribution < 1.29 is 53.8 Å². The Bertz CT molecular complexity index is 472. The zero-order chi connectivity index (χ0) is 14.6. The number of nitrogens with zero attached hydrogens (tertiary/aromatic N) is 1. The number of fused-ring (bicyclic) bond motifs is 1. The van der Waals surface area contributed by atoms with Crippen molar-refractivity contribution in [3.8, 4) is 0 Å². The minimum Gasteiger partial charge on any atom is -0.548 e. The number of nitrogens with one attached hydrogen (secondary N) is 1. The van der Waals surface area contributed by atoms with Crippen LogP contribution in [0.2, 0.25) is 0 Å². The van der Waals surface area contributed by atoms with E-state index in [-0.39, 0.29) is 29.6 Å². The smallest absolute Gasteiger partial charge is 0.548 e. The van der Waals surface area contributed by atoms with Crippen molar-refractivity contribution >= 4 is 29.5 Å². The number of amides is 2. The van der Waals surface area contributed by atoms with Gasteiger partial charge in [0, 0.05) is 18.8 Å². The number of carbonyl (C=O) groups excluding carboxylic acids is 3. The van der Waals surface area contributed by atoms with E-state index in [9.17, 15) is 19.5 Å². The van der Waals surface area contributed by atoms with E-state index in [4.69, 9.17) is 4.74 Å². The Morgan fingerprint density at radius 3 is 2.40 bits per heavy atom. The van der Waals surface area contributed by atoms with Gasteiger partial charge in [0.05, 0.1) is 12.0 Å². The van der Waals surface area contributed by atoms with Gasteiger partial charge in [-0.05, 0) is 13.8 Å². The number of rotatable bonds is 3. The van der Waals surface area contributed by atoms with Crippen LogP contribution in [0.4, 0.5) is 0 Å². The molecule has 0 saturated carbocycles. The number of carboxylic acid groups (broad SMARTS) is 1. The Hall–Kier alpha value is -0.280. The summed E-state index contributed by atoms with van der Waals surface area (Å²) in [5, 5.41) is 13.1.